The summed E-state index contributed by atoms with van der Waals surface area (Å²) in [6, 6.07) is 3.84. The first kappa shape index (κ1) is 16.9. The van der Waals surface area contributed by atoms with Gasteiger partial charge in [0.05, 0.1) is 10.7 Å². The van der Waals surface area contributed by atoms with Crippen LogP contribution in [-0.4, -0.2) is 50.5 Å². The Morgan fingerprint density at radius 3 is 2.52 bits per heavy atom. The van der Waals surface area contributed by atoms with Crippen molar-refractivity contribution in [2.75, 3.05) is 31.7 Å². The summed E-state index contributed by atoms with van der Waals surface area (Å²) in [5.41, 5.74) is 0.0692. The van der Waals surface area contributed by atoms with Gasteiger partial charge in [0, 0.05) is 32.3 Å². The Bertz CT molecular complexity index is 657. The molecular weight excluding hydrogens is 300 g/mol. The molecule has 0 saturated carbocycles. The van der Waals surface area contributed by atoms with Gasteiger partial charge in [0.1, 0.15) is 5.69 Å². The molecule has 0 aliphatic carbocycles. The van der Waals surface area contributed by atoms with Crippen molar-refractivity contribution in [2.45, 2.75) is 0 Å². The van der Waals surface area contributed by atoms with Gasteiger partial charge in [0.25, 0.3) is 11.6 Å². The zero-order chi connectivity index (χ0) is 16.2. The fourth-order valence-corrected chi connectivity index (χ4v) is 1.94. The van der Waals surface area contributed by atoms with E-state index in [0.717, 1.165) is 0 Å². The summed E-state index contributed by atoms with van der Waals surface area (Å²) in [7, 11) is -0.568. The van der Waals surface area contributed by atoms with E-state index in [1.165, 1.54) is 23.1 Å². The quantitative estimate of drug-likeness (QED) is 0.560. The van der Waals surface area contributed by atoms with Crippen LogP contribution in [0.4, 0.5) is 11.4 Å². The molecule has 1 aromatic rings. The van der Waals surface area contributed by atoms with E-state index >= 15 is 0 Å². The molecule has 1 aromatic carbocycles. The maximum Gasteiger partial charge on any atom is 0.292 e. The monoisotopic (exact) mass is 316 g/mol. The third-order valence-corrected chi connectivity index (χ3v) is 3.32. The number of carbonyl (C=O) groups is 1. The Morgan fingerprint density at radius 1 is 1.43 bits per heavy atom. The number of nitro benzene ring substituents is 1. The lowest BCUT2D eigenvalue weighted by Crippen LogP contribution is -2.23. The number of nitrogens with zero attached hydrogens (tertiary/aromatic N) is 2. The molecule has 3 N–H and O–H groups in total. The summed E-state index contributed by atoms with van der Waals surface area (Å²) in [6.45, 7) is -0.0979. The summed E-state index contributed by atoms with van der Waals surface area (Å²) >= 11 is 0. The smallest absolute Gasteiger partial charge is 0.292 e. The van der Waals surface area contributed by atoms with E-state index in [1.54, 1.807) is 14.1 Å². The van der Waals surface area contributed by atoms with E-state index in [1.807, 2.05) is 0 Å². The SMILES string of the molecule is CN(C)C(=O)c1ccc([N+](=O)[O-])c(NCCS(N)(=O)=O)c1. The van der Waals surface area contributed by atoms with Crippen LogP contribution in [0.5, 0.6) is 0 Å². The fourth-order valence-electron chi connectivity index (χ4n) is 1.56. The number of rotatable bonds is 6. The van der Waals surface area contributed by atoms with Crippen LogP contribution < -0.4 is 10.5 Å². The second-order valence-electron chi connectivity index (χ2n) is 4.48. The van der Waals surface area contributed by atoms with Crippen LogP contribution in [0.25, 0.3) is 0 Å². The van der Waals surface area contributed by atoms with E-state index in [4.69, 9.17) is 5.14 Å². The van der Waals surface area contributed by atoms with Crippen molar-refractivity contribution < 1.29 is 18.1 Å². The molecule has 0 radical (unpaired) electrons. The number of hydrogen-bond acceptors (Lipinski definition) is 6. The average Bonchev–Trinajstić information content (AvgIpc) is 2.35. The molecule has 0 fully saturated rings. The third kappa shape index (κ3) is 5.00. The number of nitrogens with one attached hydrogen (secondary N) is 1. The second kappa shape index (κ2) is 6.50. The van der Waals surface area contributed by atoms with Crippen LogP contribution in [0.1, 0.15) is 10.4 Å². The topological polar surface area (TPSA) is 136 Å². The van der Waals surface area contributed by atoms with Crippen molar-refractivity contribution in [3.05, 3.63) is 33.9 Å². The molecule has 0 aliphatic rings. The largest absolute Gasteiger partial charge is 0.378 e. The van der Waals surface area contributed by atoms with Gasteiger partial charge in [-0.05, 0) is 12.1 Å². The van der Waals surface area contributed by atoms with Crippen LogP contribution in [0.2, 0.25) is 0 Å². The van der Waals surface area contributed by atoms with Gasteiger partial charge in [0.2, 0.25) is 10.0 Å². The molecule has 116 valence electrons. The number of amides is 1. The van der Waals surface area contributed by atoms with Gasteiger partial charge in [-0.3, -0.25) is 14.9 Å². The second-order valence-corrected chi connectivity index (χ2v) is 6.22. The predicted molar refractivity (Wildman–Crippen MR) is 77.6 cm³/mol. The highest BCUT2D eigenvalue weighted by molar-refractivity contribution is 7.89. The fraction of sp³-hybridized carbons (Fsp3) is 0.364. The van der Waals surface area contributed by atoms with Crippen molar-refractivity contribution in [1.82, 2.24) is 4.90 Å². The molecule has 1 amide bonds. The molecule has 21 heavy (non-hydrogen) atoms. The summed E-state index contributed by atoms with van der Waals surface area (Å²) in [4.78, 5) is 23.5. The van der Waals surface area contributed by atoms with E-state index in [0.29, 0.717) is 0 Å². The molecule has 0 bridgehead atoms. The maximum atomic E-state index is 11.8. The Hall–Kier alpha value is -2.20. The third-order valence-electron chi connectivity index (χ3n) is 2.55. The lowest BCUT2D eigenvalue weighted by molar-refractivity contribution is -0.384. The Balaban J connectivity index is 3.04. The standard InChI is InChI=1S/C11H16N4O5S/c1-14(2)11(16)8-3-4-10(15(17)18)9(7-8)13-5-6-21(12,19)20/h3-4,7,13H,5-6H2,1-2H3,(H2,12,19,20). The average molecular weight is 316 g/mol. The molecule has 1 rings (SSSR count). The number of anilines is 1. The molecule has 10 heteroatoms. The molecule has 0 spiro atoms. The minimum absolute atomic E-state index is 0.0661. The van der Waals surface area contributed by atoms with Crippen LogP contribution in [-0.2, 0) is 10.0 Å². The predicted octanol–water partition coefficient (Wildman–Crippen LogP) is -0.00300. The van der Waals surface area contributed by atoms with Gasteiger partial charge in [-0.15, -0.1) is 0 Å². The summed E-state index contributed by atoms with van der Waals surface area (Å²) in [5, 5.41) is 18.4. The van der Waals surface area contributed by atoms with E-state index in [-0.39, 0.29) is 35.1 Å². The molecule has 0 heterocycles. The lowest BCUT2D eigenvalue weighted by atomic mass is 10.1. The maximum absolute atomic E-state index is 11.8. The Morgan fingerprint density at radius 2 is 2.05 bits per heavy atom. The summed E-state index contributed by atoms with van der Waals surface area (Å²) < 4.78 is 21.7. The first-order valence-corrected chi connectivity index (χ1v) is 7.58. The van der Waals surface area contributed by atoms with Crippen molar-refractivity contribution >= 4 is 27.3 Å². The lowest BCUT2D eigenvalue weighted by Gasteiger charge is -2.12. The van der Waals surface area contributed by atoms with Gasteiger partial charge in [-0.25, -0.2) is 13.6 Å². The zero-order valence-corrected chi connectivity index (χ0v) is 12.4. The van der Waals surface area contributed by atoms with Crippen molar-refractivity contribution in [3.8, 4) is 0 Å². The van der Waals surface area contributed by atoms with Crippen molar-refractivity contribution in [2.24, 2.45) is 5.14 Å². The number of benzene rings is 1. The number of nitro groups is 1. The van der Waals surface area contributed by atoms with Crippen molar-refractivity contribution in [3.63, 3.8) is 0 Å². The highest BCUT2D eigenvalue weighted by Crippen LogP contribution is 2.25. The number of carbonyl (C=O) groups excluding carboxylic acids is 1. The van der Waals surface area contributed by atoms with Gasteiger partial charge >= 0.3 is 0 Å². The number of hydrogen-bond donors (Lipinski definition) is 2. The molecular formula is C11H16N4O5S. The zero-order valence-electron chi connectivity index (χ0n) is 11.6. The first-order valence-electron chi connectivity index (χ1n) is 5.86. The van der Waals surface area contributed by atoms with Gasteiger partial charge < -0.3 is 10.2 Å². The van der Waals surface area contributed by atoms with E-state index < -0.39 is 14.9 Å². The molecule has 0 unspecified atom stereocenters. The molecule has 9 nitrogen and oxygen atoms in total. The van der Waals surface area contributed by atoms with Gasteiger partial charge in [-0.2, -0.15) is 0 Å². The van der Waals surface area contributed by atoms with E-state index in [9.17, 15) is 23.3 Å². The summed E-state index contributed by atoms with van der Waals surface area (Å²) in [5.74, 6) is -0.699. The van der Waals surface area contributed by atoms with Crippen LogP contribution >= 0.6 is 0 Å². The van der Waals surface area contributed by atoms with Gasteiger partial charge in [-0.1, -0.05) is 0 Å². The minimum atomic E-state index is -3.67. The van der Waals surface area contributed by atoms with Crippen LogP contribution in [0, 0.1) is 10.1 Å². The van der Waals surface area contributed by atoms with Crippen LogP contribution in [0.15, 0.2) is 18.2 Å². The Labute approximate surface area is 121 Å². The number of primary sulfonamides is 1. The van der Waals surface area contributed by atoms with Crippen molar-refractivity contribution in [1.29, 1.82) is 0 Å². The molecule has 0 aromatic heterocycles. The van der Waals surface area contributed by atoms with Gasteiger partial charge in [0.15, 0.2) is 0 Å². The minimum Gasteiger partial charge on any atom is -0.378 e. The normalized spacial score (nSPS) is 11.0. The Kier molecular flexibility index (Phi) is 5.22. The number of nitrogens with two attached hydrogens (primary N) is 1. The molecule has 0 aliphatic heterocycles. The van der Waals surface area contributed by atoms with Crippen LogP contribution in [0.3, 0.4) is 0 Å². The number of sulfonamides is 1. The molecule has 0 saturated heterocycles. The first-order chi connectivity index (χ1) is 9.61. The van der Waals surface area contributed by atoms with E-state index in [2.05, 4.69) is 5.32 Å². The highest BCUT2D eigenvalue weighted by Gasteiger charge is 2.18. The summed E-state index contributed by atoms with van der Waals surface area (Å²) in [6.07, 6.45) is 0. The molecule has 0 atom stereocenters. The highest BCUT2D eigenvalue weighted by atomic mass is 32.2.